The Kier molecular flexibility index (Phi) is 9.57. The Labute approximate surface area is 233 Å². The molecule has 3 aliphatic rings. The van der Waals surface area contributed by atoms with E-state index in [9.17, 15) is 22.8 Å². The monoisotopic (exact) mass is 562 g/mol. The van der Waals surface area contributed by atoms with Crippen molar-refractivity contribution in [2.45, 2.75) is 115 Å². The van der Waals surface area contributed by atoms with Crippen molar-refractivity contribution in [2.75, 3.05) is 19.3 Å². The van der Waals surface area contributed by atoms with Crippen molar-refractivity contribution in [2.24, 2.45) is 5.92 Å². The fraction of sp³-hybridized carbons (Fsp3) is 0.759. The average Bonchev–Trinajstić information content (AvgIpc) is 2.86. The Morgan fingerprint density at radius 3 is 2.21 bits per heavy atom. The third-order valence-corrected chi connectivity index (χ3v) is 10.1. The molecule has 0 unspecified atom stereocenters. The second-order valence-corrected chi connectivity index (χ2v) is 14.3. The van der Waals surface area contributed by atoms with E-state index in [1.165, 1.54) is 29.8 Å². The van der Waals surface area contributed by atoms with Crippen molar-refractivity contribution < 1.29 is 18.0 Å². The molecule has 218 valence electrons. The van der Waals surface area contributed by atoms with Gasteiger partial charge in [-0.25, -0.2) is 12.7 Å². The summed E-state index contributed by atoms with van der Waals surface area (Å²) in [5, 5.41) is 5.81. The summed E-state index contributed by atoms with van der Waals surface area (Å²) < 4.78 is 26.9. The van der Waals surface area contributed by atoms with Gasteiger partial charge >= 0.3 is 0 Å². The number of carbonyl (C=O) groups is 2. The molecule has 0 aromatic carbocycles. The highest BCUT2D eigenvalue weighted by atomic mass is 32.2. The fourth-order valence-corrected chi connectivity index (χ4v) is 7.20. The molecule has 1 aromatic rings. The number of hydrogen-bond donors (Lipinski definition) is 2. The van der Waals surface area contributed by atoms with Gasteiger partial charge in [-0.1, -0.05) is 32.1 Å². The van der Waals surface area contributed by atoms with E-state index in [4.69, 9.17) is 0 Å². The van der Waals surface area contributed by atoms with E-state index >= 15 is 0 Å². The molecule has 39 heavy (non-hydrogen) atoms. The molecule has 2 N–H and O–H groups in total. The van der Waals surface area contributed by atoms with Crippen LogP contribution in [0.1, 0.15) is 106 Å². The summed E-state index contributed by atoms with van der Waals surface area (Å²) in [4.78, 5) is 40.5. The number of hydrogen-bond acceptors (Lipinski definition) is 5. The Bertz CT molecular complexity index is 1210. The highest BCUT2D eigenvalue weighted by Crippen LogP contribution is 2.27. The Balaban J connectivity index is 1.51. The topological polar surface area (TPSA) is 118 Å². The van der Waals surface area contributed by atoms with Crippen LogP contribution in [0.4, 0.5) is 0 Å². The van der Waals surface area contributed by atoms with Crippen LogP contribution < -0.4 is 16.2 Å². The summed E-state index contributed by atoms with van der Waals surface area (Å²) in [6.07, 6.45) is 14.2. The van der Waals surface area contributed by atoms with Crippen LogP contribution in [0, 0.1) is 5.92 Å². The molecular weight excluding hydrogens is 516 g/mol. The minimum Gasteiger partial charge on any atom is -0.351 e. The maximum Gasteiger partial charge on any atom is 0.263 e. The van der Waals surface area contributed by atoms with E-state index in [-0.39, 0.29) is 23.1 Å². The maximum atomic E-state index is 13.8. The van der Waals surface area contributed by atoms with E-state index in [2.05, 4.69) is 10.6 Å². The molecule has 0 bridgehead atoms. The van der Waals surface area contributed by atoms with Gasteiger partial charge in [-0.2, -0.15) is 0 Å². The van der Waals surface area contributed by atoms with Gasteiger partial charge in [0.1, 0.15) is 11.1 Å². The largest absolute Gasteiger partial charge is 0.351 e. The van der Waals surface area contributed by atoms with Crippen LogP contribution in [0.2, 0.25) is 0 Å². The molecule has 1 aromatic heterocycles. The van der Waals surface area contributed by atoms with E-state index in [1.807, 2.05) is 4.57 Å². The SMILES string of the molecule is CC(C)(NC(=O)c1cc2c(n(CC3CCCCC3)c1=O)CCCCCC2)C(=O)NC1CCN(S(C)(=O)=O)CC1. The van der Waals surface area contributed by atoms with E-state index < -0.39 is 21.5 Å². The summed E-state index contributed by atoms with van der Waals surface area (Å²) in [5.41, 5.74) is 0.819. The number of fused-ring (bicyclic) bond motifs is 1. The van der Waals surface area contributed by atoms with Crippen LogP contribution in [-0.2, 0) is 34.2 Å². The molecule has 2 amide bonds. The lowest BCUT2D eigenvalue weighted by atomic mass is 9.88. The van der Waals surface area contributed by atoms with Gasteiger partial charge in [-0.15, -0.1) is 0 Å². The first-order valence-corrected chi connectivity index (χ1v) is 16.6. The molecule has 1 saturated carbocycles. The Morgan fingerprint density at radius 1 is 0.949 bits per heavy atom. The number of piperidine rings is 1. The van der Waals surface area contributed by atoms with Crippen molar-refractivity contribution in [1.82, 2.24) is 19.5 Å². The number of carbonyl (C=O) groups excluding carboxylic acids is 2. The third-order valence-electron chi connectivity index (χ3n) is 8.76. The van der Waals surface area contributed by atoms with Gasteiger partial charge < -0.3 is 15.2 Å². The smallest absolute Gasteiger partial charge is 0.263 e. The minimum absolute atomic E-state index is 0.118. The molecule has 2 fully saturated rings. The second-order valence-electron chi connectivity index (χ2n) is 12.4. The fourth-order valence-electron chi connectivity index (χ4n) is 6.32. The Hall–Kier alpha value is -2.20. The number of aromatic nitrogens is 1. The van der Waals surface area contributed by atoms with Crippen molar-refractivity contribution in [3.8, 4) is 0 Å². The zero-order chi connectivity index (χ0) is 28.2. The van der Waals surface area contributed by atoms with Crippen LogP contribution in [0.25, 0.3) is 0 Å². The van der Waals surface area contributed by atoms with Crippen molar-refractivity contribution in [1.29, 1.82) is 0 Å². The molecule has 0 atom stereocenters. The molecule has 1 saturated heterocycles. The predicted octanol–water partition coefficient (Wildman–Crippen LogP) is 3.14. The molecule has 2 aliphatic carbocycles. The zero-order valence-electron chi connectivity index (χ0n) is 23.9. The quantitative estimate of drug-likeness (QED) is 0.530. The molecule has 1 aliphatic heterocycles. The lowest BCUT2D eigenvalue weighted by Gasteiger charge is -2.33. The lowest BCUT2D eigenvalue weighted by Crippen LogP contribution is -2.58. The lowest BCUT2D eigenvalue weighted by molar-refractivity contribution is -0.127. The van der Waals surface area contributed by atoms with Gasteiger partial charge in [0.15, 0.2) is 0 Å². The minimum atomic E-state index is -3.25. The number of aryl methyl sites for hydroxylation is 1. The summed E-state index contributed by atoms with van der Waals surface area (Å²) in [6.45, 7) is 4.65. The van der Waals surface area contributed by atoms with Crippen molar-refractivity contribution >= 4 is 21.8 Å². The standard InChI is InChI=1S/C29H46N4O5S/c1-29(2,28(36)30-23-15-17-32(18-16-23)39(3,37)38)31-26(34)24-19-22-13-9-4-5-10-14-25(22)33(27(24)35)20-21-11-7-6-8-12-21/h19,21,23H,4-18,20H2,1-3H3,(H,30,36)(H,31,34). The van der Waals surface area contributed by atoms with Crippen LogP contribution in [0.3, 0.4) is 0 Å². The van der Waals surface area contributed by atoms with Crippen LogP contribution in [-0.4, -0.2) is 60.0 Å². The number of nitrogens with one attached hydrogen (secondary N) is 2. The average molecular weight is 563 g/mol. The number of sulfonamides is 1. The predicted molar refractivity (Wildman–Crippen MR) is 152 cm³/mol. The first-order valence-electron chi connectivity index (χ1n) is 14.8. The van der Waals surface area contributed by atoms with E-state index in [0.29, 0.717) is 38.4 Å². The van der Waals surface area contributed by atoms with Crippen LogP contribution in [0.5, 0.6) is 0 Å². The molecule has 0 spiro atoms. The highest BCUT2D eigenvalue weighted by Gasteiger charge is 2.34. The highest BCUT2D eigenvalue weighted by molar-refractivity contribution is 7.88. The zero-order valence-corrected chi connectivity index (χ0v) is 24.7. The van der Waals surface area contributed by atoms with Gasteiger partial charge in [0, 0.05) is 31.4 Å². The van der Waals surface area contributed by atoms with Gasteiger partial charge in [0.05, 0.1) is 6.26 Å². The van der Waals surface area contributed by atoms with Crippen LogP contribution in [0.15, 0.2) is 10.9 Å². The van der Waals surface area contributed by atoms with E-state index in [1.54, 1.807) is 19.9 Å². The first-order chi connectivity index (χ1) is 18.5. The van der Waals surface area contributed by atoms with Gasteiger partial charge in [-0.05, 0) is 82.8 Å². The third kappa shape index (κ3) is 7.51. The summed E-state index contributed by atoms with van der Waals surface area (Å²) >= 11 is 0. The van der Waals surface area contributed by atoms with Crippen molar-refractivity contribution in [3.05, 3.63) is 33.2 Å². The molecule has 2 heterocycles. The van der Waals surface area contributed by atoms with Crippen molar-refractivity contribution in [3.63, 3.8) is 0 Å². The van der Waals surface area contributed by atoms with Gasteiger partial charge in [0.2, 0.25) is 15.9 Å². The number of pyridine rings is 1. The van der Waals surface area contributed by atoms with Gasteiger partial charge in [0.25, 0.3) is 11.5 Å². The second kappa shape index (κ2) is 12.5. The molecule has 0 radical (unpaired) electrons. The van der Waals surface area contributed by atoms with E-state index in [0.717, 1.165) is 62.6 Å². The molecular formula is C29H46N4O5S. The van der Waals surface area contributed by atoms with Gasteiger partial charge in [-0.3, -0.25) is 14.4 Å². The number of nitrogens with zero attached hydrogens (tertiary/aromatic N) is 2. The molecule has 4 rings (SSSR count). The summed E-state index contributed by atoms with van der Waals surface area (Å²) in [6, 6.07) is 1.61. The molecule has 9 nitrogen and oxygen atoms in total. The first kappa shape index (κ1) is 29.8. The summed E-state index contributed by atoms with van der Waals surface area (Å²) in [5.74, 6) is -0.405. The Morgan fingerprint density at radius 2 is 1.56 bits per heavy atom. The number of rotatable bonds is 7. The summed E-state index contributed by atoms with van der Waals surface area (Å²) in [7, 11) is -3.25. The molecule has 10 heteroatoms. The van der Waals surface area contributed by atoms with Crippen LogP contribution >= 0.6 is 0 Å². The number of amides is 2. The normalized spacial score (nSPS) is 20.5. The maximum absolute atomic E-state index is 13.8.